The molecule has 0 spiro atoms. The zero-order chi connectivity index (χ0) is 14.0. The van der Waals surface area contributed by atoms with E-state index in [1.807, 2.05) is 12.1 Å². The summed E-state index contributed by atoms with van der Waals surface area (Å²) >= 11 is 7.94. The molecule has 0 saturated heterocycles. The van der Waals surface area contributed by atoms with Crippen LogP contribution in [0.1, 0.15) is 0 Å². The van der Waals surface area contributed by atoms with Crippen LogP contribution >= 0.6 is 34.2 Å². The number of anilines is 1. The molecule has 3 nitrogen and oxygen atoms in total. The Kier molecular flexibility index (Phi) is 4.37. The average molecular weight is 408 g/mol. The summed E-state index contributed by atoms with van der Waals surface area (Å²) in [6.45, 7) is 0. The molecule has 0 bridgehead atoms. The van der Waals surface area contributed by atoms with Crippen molar-refractivity contribution >= 4 is 49.9 Å². The summed E-state index contributed by atoms with van der Waals surface area (Å²) in [6.07, 6.45) is 0. The molecule has 0 radical (unpaired) electrons. The first-order valence-electron chi connectivity index (χ1n) is 5.41. The molecular formula is C13H11ClINO2S. The van der Waals surface area contributed by atoms with Crippen LogP contribution in [-0.4, -0.2) is 15.5 Å². The van der Waals surface area contributed by atoms with Gasteiger partial charge in [0.15, 0.2) is 0 Å². The SMILES string of the molecule is CN(c1ccc(I)cc1)S(=O)(=O)c1ccc(Cl)cc1. The molecule has 6 heteroatoms. The Morgan fingerprint density at radius 3 is 2.05 bits per heavy atom. The second-order valence-corrected chi connectivity index (χ2v) is 7.55. The molecule has 0 heterocycles. The molecule has 2 rings (SSSR count). The number of halogens is 2. The van der Waals surface area contributed by atoms with Crippen LogP contribution in [0, 0.1) is 3.57 Å². The van der Waals surface area contributed by atoms with Gasteiger partial charge in [0.05, 0.1) is 10.6 Å². The van der Waals surface area contributed by atoms with Crippen molar-refractivity contribution in [3.63, 3.8) is 0 Å². The monoisotopic (exact) mass is 407 g/mol. The number of hydrogen-bond acceptors (Lipinski definition) is 2. The zero-order valence-corrected chi connectivity index (χ0v) is 13.8. The molecule has 2 aromatic rings. The van der Waals surface area contributed by atoms with Crippen LogP contribution in [0.5, 0.6) is 0 Å². The molecule has 0 fully saturated rings. The third kappa shape index (κ3) is 3.21. The third-order valence-electron chi connectivity index (χ3n) is 2.66. The predicted octanol–water partition coefficient (Wildman–Crippen LogP) is 3.77. The van der Waals surface area contributed by atoms with Crippen molar-refractivity contribution in [2.24, 2.45) is 0 Å². The molecule has 0 aliphatic rings. The maximum Gasteiger partial charge on any atom is 0.264 e. The molecule has 0 atom stereocenters. The Hall–Kier alpha value is -0.790. The molecule has 100 valence electrons. The number of hydrogen-bond donors (Lipinski definition) is 0. The van der Waals surface area contributed by atoms with Crippen LogP contribution in [0.2, 0.25) is 5.02 Å². The van der Waals surface area contributed by atoms with E-state index in [1.54, 1.807) is 24.3 Å². The lowest BCUT2D eigenvalue weighted by Crippen LogP contribution is -2.26. The van der Waals surface area contributed by atoms with Gasteiger partial charge < -0.3 is 0 Å². The second kappa shape index (κ2) is 5.68. The third-order valence-corrected chi connectivity index (χ3v) is 5.43. The van der Waals surface area contributed by atoms with Gasteiger partial charge in [-0.15, -0.1) is 0 Å². The lowest BCUT2D eigenvalue weighted by molar-refractivity contribution is 0.594. The lowest BCUT2D eigenvalue weighted by atomic mass is 10.3. The Balaban J connectivity index is 2.39. The van der Waals surface area contributed by atoms with E-state index in [2.05, 4.69) is 22.6 Å². The maximum atomic E-state index is 12.4. The summed E-state index contributed by atoms with van der Waals surface area (Å²) in [6, 6.07) is 13.4. The first-order valence-corrected chi connectivity index (χ1v) is 8.31. The Labute approximate surface area is 131 Å². The van der Waals surface area contributed by atoms with Crippen molar-refractivity contribution in [2.75, 3.05) is 11.4 Å². The summed E-state index contributed by atoms with van der Waals surface area (Å²) in [5.41, 5.74) is 0.621. The van der Waals surface area contributed by atoms with Crippen molar-refractivity contribution < 1.29 is 8.42 Å². The first-order chi connectivity index (χ1) is 8.91. The Morgan fingerprint density at radius 1 is 1.00 bits per heavy atom. The number of rotatable bonds is 3. The van der Waals surface area contributed by atoms with E-state index < -0.39 is 10.0 Å². The van der Waals surface area contributed by atoms with Gasteiger partial charge in [0.25, 0.3) is 10.0 Å². The highest BCUT2D eigenvalue weighted by atomic mass is 127. The molecule has 0 unspecified atom stereocenters. The fraction of sp³-hybridized carbons (Fsp3) is 0.0769. The molecule has 0 amide bonds. The molecular weight excluding hydrogens is 397 g/mol. The predicted molar refractivity (Wildman–Crippen MR) is 86.2 cm³/mol. The van der Waals surface area contributed by atoms with Crippen molar-refractivity contribution in [3.05, 3.63) is 57.1 Å². The molecule has 2 aromatic carbocycles. The standard InChI is InChI=1S/C13H11ClINO2S/c1-16(12-6-4-11(15)5-7-12)19(17,18)13-8-2-10(14)3-9-13/h2-9H,1H3. The normalized spacial score (nSPS) is 11.3. The lowest BCUT2D eigenvalue weighted by Gasteiger charge is -2.19. The van der Waals surface area contributed by atoms with Crippen LogP contribution in [0.25, 0.3) is 0 Å². The van der Waals surface area contributed by atoms with Gasteiger partial charge in [-0.2, -0.15) is 0 Å². The Bertz CT molecular complexity index is 669. The highest BCUT2D eigenvalue weighted by molar-refractivity contribution is 14.1. The Morgan fingerprint density at radius 2 is 1.53 bits per heavy atom. The average Bonchev–Trinajstić information content (AvgIpc) is 2.39. The summed E-state index contributed by atoms with van der Waals surface area (Å²) in [5.74, 6) is 0. The van der Waals surface area contributed by atoms with Gasteiger partial charge in [0.1, 0.15) is 0 Å². The van der Waals surface area contributed by atoms with Gasteiger partial charge in [0, 0.05) is 15.6 Å². The number of benzene rings is 2. The van der Waals surface area contributed by atoms with E-state index in [9.17, 15) is 8.42 Å². The van der Waals surface area contributed by atoms with Crippen LogP contribution in [0.15, 0.2) is 53.4 Å². The molecule has 0 saturated carbocycles. The molecule has 0 aliphatic heterocycles. The van der Waals surface area contributed by atoms with E-state index in [0.29, 0.717) is 10.7 Å². The zero-order valence-electron chi connectivity index (χ0n) is 10.0. The highest BCUT2D eigenvalue weighted by Crippen LogP contribution is 2.23. The van der Waals surface area contributed by atoms with E-state index in [-0.39, 0.29) is 4.90 Å². The summed E-state index contributed by atoms with van der Waals surface area (Å²) in [7, 11) is -2.02. The van der Waals surface area contributed by atoms with Crippen LogP contribution in [0.4, 0.5) is 5.69 Å². The van der Waals surface area contributed by atoms with E-state index in [0.717, 1.165) is 3.57 Å². The number of sulfonamides is 1. The van der Waals surface area contributed by atoms with Gasteiger partial charge in [-0.25, -0.2) is 8.42 Å². The van der Waals surface area contributed by atoms with Gasteiger partial charge in [-0.1, -0.05) is 11.6 Å². The van der Waals surface area contributed by atoms with Crippen molar-refractivity contribution in [2.45, 2.75) is 4.90 Å². The van der Waals surface area contributed by atoms with Gasteiger partial charge in [0.2, 0.25) is 0 Å². The van der Waals surface area contributed by atoms with Crippen LogP contribution in [0.3, 0.4) is 0 Å². The fourth-order valence-corrected chi connectivity index (χ4v) is 3.24. The minimum Gasteiger partial charge on any atom is -0.269 e. The number of nitrogens with zero attached hydrogens (tertiary/aromatic N) is 1. The molecule has 0 aliphatic carbocycles. The second-order valence-electron chi connectivity index (χ2n) is 3.90. The van der Waals surface area contributed by atoms with E-state index in [4.69, 9.17) is 11.6 Å². The van der Waals surface area contributed by atoms with Gasteiger partial charge in [-0.05, 0) is 71.1 Å². The summed E-state index contributed by atoms with van der Waals surface area (Å²) in [4.78, 5) is 0.220. The van der Waals surface area contributed by atoms with Crippen LogP contribution < -0.4 is 4.31 Å². The maximum absolute atomic E-state index is 12.4. The largest absolute Gasteiger partial charge is 0.269 e. The van der Waals surface area contributed by atoms with Crippen molar-refractivity contribution in [1.29, 1.82) is 0 Å². The fourth-order valence-electron chi connectivity index (χ4n) is 1.55. The quantitative estimate of drug-likeness (QED) is 0.726. The smallest absolute Gasteiger partial charge is 0.264 e. The molecule has 0 N–H and O–H groups in total. The van der Waals surface area contributed by atoms with Gasteiger partial charge in [-0.3, -0.25) is 4.31 Å². The molecule has 0 aromatic heterocycles. The summed E-state index contributed by atoms with van der Waals surface area (Å²) in [5, 5.41) is 0.510. The van der Waals surface area contributed by atoms with Crippen LogP contribution in [-0.2, 0) is 10.0 Å². The summed E-state index contributed by atoms with van der Waals surface area (Å²) < 4.78 is 27.1. The first kappa shape index (κ1) is 14.6. The van der Waals surface area contributed by atoms with Crippen molar-refractivity contribution in [1.82, 2.24) is 0 Å². The highest BCUT2D eigenvalue weighted by Gasteiger charge is 2.20. The van der Waals surface area contributed by atoms with Crippen molar-refractivity contribution in [3.8, 4) is 0 Å². The topological polar surface area (TPSA) is 37.4 Å². The molecule has 19 heavy (non-hydrogen) atoms. The minimum atomic E-state index is -3.55. The van der Waals surface area contributed by atoms with E-state index in [1.165, 1.54) is 23.5 Å². The minimum absolute atomic E-state index is 0.220. The van der Waals surface area contributed by atoms with E-state index >= 15 is 0 Å². The van der Waals surface area contributed by atoms with Gasteiger partial charge >= 0.3 is 0 Å².